The third-order valence-electron chi connectivity index (χ3n) is 4.00. The van der Waals surface area contributed by atoms with Crippen LogP contribution in [0.3, 0.4) is 0 Å². The van der Waals surface area contributed by atoms with Gasteiger partial charge in [0.2, 0.25) is 5.91 Å². The van der Waals surface area contributed by atoms with E-state index >= 15 is 0 Å². The van der Waals surface area contributed by atoms with E-state index in [2.05, 4.69) is 10.6 Å². The zero-order valence-electron chi connectivity index (χ0n) is 14.5. The molecule has 1 fully saturated rings. The molecule has 0 aliphatic carbocycles. The van der Waals surface area contributed by atoms with Crippen LogP contribution in [0.4, 0.5) is 4.79 Å². The molecule has 2 rings (SSSR count). The Kier molecular flexibility index (Phi) is 7.95. The molecule has 6 N–H and O–H groups in total. The van der Waals surface area contributed by atoms with Crippen molar-refractivity contribution in [2.24, 2.45) is 0 Å². The lowest BCUT2D eigenvalue weighted by molar-refractivity contribution is -0.129. The van der Waals surface area contributed by atoms with E-state index in [0.29, 0.717) is 0 Å². The predicted molar refractivity (Wildman–Crippen MR) is 91.2 cm³/mol. The van der Waals surface area contributed by atoms with Crippen molar-refractivity contribution >= 4 is 12.0 Å². The van der Waals surface area contributed by atoms with Crippen LogP contribution in [-0.2, 0) is 20.9 Å². The van der Waals surface area contributed by atoms with Gasteiger partial charge in [-0.1, -0.05) is 30.3 Å². The Morgan fingerprint density at radius 2 is 1.89 bits per heavy atom. The summed E-state index contributed by atoms with van der Waals surface area (Å²) >= 11 is 0. The van der Waals surface area contributed by atoms with Crippen molar-refractivity contribution in [2.75, 3.05) is 13.2 Å². The highest BCUT2D eigenvalue weighted by molar-refractivity contribution is 5.77. The van der Waals surface area contributed by atoms with Crippen LogP contribution in [-0.4, -0.2) is 76.2 Å². The number of aliphatic hydroxyl groups is 4. The van der Waals surface area contributed by atoms with Gasteiger partial charge >= 0.3 is 6.09 Å². The molecular weight excluding hydrogens is 360 g/mol. The average Bonchev–Trinajstić information content (AvgIpc) is 2.95. The quantitative estimate of drug-likeness (QED) is 0.307. The molecule has 1 aliphatic heterocycles. The van der Waals surface area contributed by atoms with Crippen LogP contribution in [0.1, 0.15) is 12.0 Å². The SMILES string of the molecule is O=C(CCNC(=O)OCc1ccccc1)N[C@H]1O[C@H]([C@@H](O)CO)[C@H](O)[C@H]1O. The lowest BCUT2D eigenvalue weighted by atomic mass is 10.1. The molecule has 1 saturated heterocycles. The summed E-state index contributed by atoms with van der Waals surface area (Å²) in [6.07, 6.45) is -7.54. The highest BCUT2D eigenvalue weighted by atomic mass is 16.6. The standard InChI is InChI=1S/C17H24N2O8/c20-8-11(21)15-13(23)14(24)16(27-15)19-12(22)6-7-18-17(25)26-9-10-4-2-1-3-5-10/h1-5,11,13-16,20-21,23-24H,6-9H2,(H,18,25)(H,19,22)/t11-,13+,14+,15+,16-/m0/s1. The van der Waals surface area contributed by atoms with Gasteiger partial charge in [0.25, 0.3) is 0 Å². The van der Waals surface area contributed by atoms with Crippen molar-refractivity contribution in [1.29, 1.82) is 0 Å². The van der Waals surface area contributed by atoms with E-state index < -0.39 is 49.3 Å². The molecule has 5 atom stereocenters. The Hall–Kier alpha value is -2.24. The third-order valence-corrected chi connectivity index (χ3v) is 4.00. The van der Waals surface area contributed by atoms with Crippen LogP contribution < -0.4 is 10.6 Å². The zero-order valence-corrected chi connectivity index (χ0v) is 14.5. The minimum absolute atomic E-state index is 0.00643. The first-order valence-electron chi connectivity index (χ1n) is 8.46. The second-order valence-electron chi connectivity index (χ2n) is 6.06. The number of benzene rings is 1. The maximum atomic E-state index is 11.9. The summed E-state index contributed by atoms with van der Waals surface area (Å²) in [5.41, 5.74) is 0.830. The molecule has 2 amide bonds. The fraction of sp³-hybridized carbons (Fsp3) is 0.529. The van der Waals surface area contributed by atoms with E-state index in [0.717, 1.165) is 5.56 Å². The second kappa shape index (κ2) is 10.2. The summed E-state index contributed by atoms with van der Waals surface area (Å²) in [4.78, 5) is 23.4. The summed E-state index contributed by atoms with van der Waals surface area (Å²) in [6.45, 7) is -0.564. The molecule has 0 unspecified atom stereocenters. The van der Waals surface area contributed by atoms with Gasteiger partial charge in [-0.2, -0.15) is 0 Å². The Balaban J connectivity index is 1.66. The van der Waals surface area contributed by atoms with Crippen LogP contribution in [0.2, 0.25) is 0 Å². The molecule has 0 radical (unpaired) electrons. The summed E-state index contributed by atoms with van der Waals surface area (Å²) in [6, 6.07) is 9.11. The van der Waals surface area contributed by atoms with Gasteiger partial charge in [0.15, 0.2) is 6.23 Å². The van der Waals surface area contributed by atoms with E-state index in [4.69, 9.17) is 14.6 Å². The molecule has 1 heterocycles. The topological polar surface area (TPSA) is 158 Å². The summed E-state index contributed by atoms with van der Waals surface area (Å²) < 4.78 is 10.2. The molecule has 1 aromatic rings. The fourth-order valence-corrected chi connectivity index (χ4v) is 2.53. The summed E-state index contributed by atoms with van der Waals surface area (Å²) in [7, 11) is 0. The number of carbonyl (C=O) groups excluding carboxylic acids is 2. The number of hydrogen-bond acceptors (Lipinski definition) is 8. The smallest absolute Gasteiger partial charge is 0.407 e. The molecule has 150 valence electrons. The first-order chi connectivity index (χ1) is 12.9. The number of carbonyl (C=O) groups is 2. The van der Waals surface area contributed by atoms with E-state index in [1.807, 2.05) is 30.3 Å². The van der Waals surface area contributed by atoms with E-state index in [1.165, 1.54) is 0 Å². The maximum absolute atomic E-state index is 11.9. The van der Waals surface area contributed by atoms with Crippen LogP contribution in [0.25, 0.3) is 0 Å². The van der Waals surface area contributed by atoms with Gasteiger partial charge in [0.05, 0.1) is 6.61 Å². The minimum atomic E-state index is -1.46. The normalized spacial score (nSPS) is 25.6. The lowest BCUT2D eigenvalue weighted by Gasteiger charge is -2.18. The predicted octanol–water partition coefficient (Wildman–Crippen LogP) is -1.78. The molecule has 10 heteroatoms. The van der Waals surface area contributed by atoms with E-state index in [9.17, 15) is 24.9 Å². The first kappa shape index (κ1) is 21.1. The van der Waals surface area contributed by atoms with Crippen LogP contribution in [0.5, 0.6) is 0 Å². The Morgan fingerprint density at radius 3 is 2.56 bits per heavy atom. The number of nitrogens with one attached hydrogen (secondary N) is 2. The Bertz CT molecular complexity index is 614. The van der Waals surface area contributed by atoms with E-state index in [-0.39, 0.29) is 19.6 Å². The Morgan fingerprint density at radius 1 is 1.19 bits per heavy atom. The molecule has 0 spiro atoms. The fourth-order valence-electron chi connectivity index (χ4n) is 2.53. The first-order valence-corrected chi connectivity index (χ1v) is 8.46. The Labute approximate surface area is 155 Å². The minimum Gasteiger partial charge on any atom is -0.445 e. The largest absolute Gasteiger partial charge is 0.445 e. The van der Waals surface area contributed by atoms with Crippen LogP contribution in [0.15, 0.2) is 30.3 Å². The molecule has 10 nitrogen and oxygen atoms in total. The highest BCUT2D eigenvalue weighted by Crippen LogP contribution is 2.22. The molecular formula is C17H24N2O8. The van der Waals surface area contributed by atoms with E-state index in [1.54, 1.807) is 0 Å². The van der Waals surface area contributed by atoms with Gasteiger partial charge in [-0.25, -0.2) is 4.79 Å². The molecule has 0 saturated carbocycles. The van der Waals surface area contributed by atoms with Gasteiger partial charge < -0.3 is 40.5 Å². The van der Waals surface area contributed by atoms with Gasteiger partial charge in [-0.3, -0.25) is 4.79 Å². The summed E-state index contributed by atoms with van der Waals surface area (Å²) in [5, 5.41) is 42.8. The molecule has 0 aromatic heterocycles. The molecule has 0 bridgehead atoms. The molecule has 27 heavy (non-hydrogen) atoms. The third kappa shape index (κ3) is 6.15. The van der Waals surface area contributed by atoms with Crippen molar-refractivity contribution in [3.8, 4) is 0 Å². The average molecular weight is 384 g/mol. The van der Waals surface area contributed by atoms with Crippen molar-refractivity contribution < 1.29 is 39.5 Å². The number of alkyl carbamates (subject to hydrolysis) is 1. The van der Waals surface area contributed by atoms with Crippen molar-refractivity contribution in [3.05, 3.63) is 35.9 Å². The van der Waals surface area contributed by atoms with Gasteiger partial charge in [0.1, 0.15) is 31.0 Å². The second-order valence-corrected chi connectivity index (χ2v) is 6.06. The monoisotopic (exact) mass is 384 g/mol. The molecule has 1 aromatic carbocycles. The summed E-state index contributed by atoms with van der Waals surface area (Å²) in [5.74, 6) is -0.547. The number of hydrogen-bond donors (Lipinski definition) is 6. The lowest BCUT2D eigenvalue weighted by Crippen LogP contribution is -2.44. The van der Waals surface area contributed by atoms with Crippen molar-refractivity contribution in [2.45, 2.75) is 43.7 Å². The number of aliphatic hydroxyl groups excluding tert-OH is 4. The maximum Gasteiger partial charge on any atom is 0.407 e. The van der Waals surface area contributed by atoms with Gasteiger partial charge in [0, 0.05) is 13.0 Å². The van der Waals surface area contributed by atoms with Gasteiger partial charge in [-0.05, 0) is 5.56 Å². The van der Waals surface area contributed by atoms with Crippen molar-refractivity contribution in [1.82, 2.24) is 10.6 Å². The highest BCUT2D eigenvalue weighted by Gasteiger charge is 2.46. The number of ether oxygens (including phenoxy) is 2. The van der Waals surface area contributed by atoms with Crippen LogP contribution >= 0.6 is 0 Å². The van der Waals surface area contributed by atoms with Gasteiger partial charge in [-0.15, -0.1) is 0 Å². The van der Waals surface area contributed by atoms with Crippen molar-refractivity contribution in [3.63, 3.8) is 0 Å². The zero-order chi connectivity index (χ0) is 19.8. The van der Waals surface area contributed by atoms with Crippen LogP contribution in [0, 0.1) is 0 Å². The number of amides is 2. The molecule has 1 aliphatic rings. The number of rotatable bonds is 8.